The van der Waals surface area contributed by atoms with Crippen LogP contribution in [0.25, 0.3) is 0 Å². The molecule has 2 N–H and O–H groups in total. The Morgan fingerprint density at radius 2 is 2.29 bits per heavy atom. The Morgan fingerprint density at radius 3 is 2.86 bits per heavy atom. The van der Waals surface area contributed by atoms with Gasteiger partial charge in [0, 0.05) is 16.7 Å². The van der Waals surface area contributed by atoms with Crippen LogP contribution in [0.3, 0.4) is 0 Å². The molecule has 0 radical (unpaired) electrons. The highest BCUT2D eigenvalue weighted by Crippen LogP contribution is 2.40. The predicted octanol–water partition coefficient (Wildman–Crippen LogP) is 2.56. The third-order valence-electron chi connectivity index (χ3n) is 2.10. The van der Waals surface area contributed by atoms with Crippen molar-refractivity contribution >= 4 is 11.8 Å². The van der Waals surface area contributed by atoms with Gasteiger partial charge in [-0.3, -0.25) is 0 Å². The Morgan fingerprint density at radius 1 is 1.50 bits per heavy atom. The van der Waals surface area contributed by atoms with Crippen molar-refractivity contribution in [1.82, 2.24) is 5.48 Å². The monoisotopic (exact) mass is 213 g/mol. The lowest BCUT2D eigenvalue weighted by molar-refractivity contribution is 0.161. The molecule has 0 aliphatic heterocycles. The summed E-state index contributed by atoms with van der Waals surface area (Å²) in [6.45, 7) is 0.283. The summed E-state index contributed by atoms with van der Waals surface area (Å²) < 4.78 is 13.4. The fourth-order valence-corrected chi connectivity index (χ4v) is 2.26. The summed E-state index contributed by atoms with van der Waals surface area (Å²) in [5.41, 5.74) is 2.77. The molecule has 1 saturated carbocycles. The van der Waals surface area contributed by atoms with Crippen LogP contribution in [-0.4, -0.2) is 10.5 Å². The topological polar surface area (TPSA) is 32.3 Å². The van der Waals surface area contributed by atoms with Crippen molar-refractivity contribution in [3.05, 3.63) is 29.6 Å². The van der Waals surface area contributed by atoms with Gasteiger partial charge in [-0.25, -0.2) is 9.87 Å². The van der Waals surface area contributed by atoms with E-state index in [-0.39, 0.29) is 12.4 Å². The second kappa shape index (κ2) is 4.29. The van der Waals surface area contributed by atoms with Gasteiger partial charge in [0.25, 0.3) is 0 Å². The zero-order chi connectivity index (χ0) is 9.97. The van der Waals surface area contributed by atoms with Crippen molar-refractivity contribution in [2.45, 2.75) is 29.5 Å². The van der Waals surface area contributed by atoms with Crippen molar-refractivity contribution in [2.75, 3.05) is 0 Å². The van der Waals surface area contributed by atoms with E-state index in [4.69, 9.17) is 5.21 Å². The molecule has 0 heterocycles. The van der Waals surface area contributed by atoms with E-state index in [1.807, 2.05) is 11.5 Å². The zero-order valence-corrected chi connectivity index (χ0v) is 8.48. The van der Waals surface area contributed by atoms with Crippen LogP contribution in [0.15, 0.2) is 23.1 Å². The largest absolute Gasteiger partial charge is 0.316 e. The Kier molecular flexibility index (Phi) is 3.05. The molecule has 1 aliphatic carbocycles. The van der Waals surface area contributed by atoms with Crippen molar-refractivity contribution in [2.24, 2.45) is 0 Å². The second-order valence-corrected chi connectivity index (χ2v) is 4.76. The van der Waals surface area contributed by atoms with Crippen molar-refractivity contribution in [3.63, 3.8) is 0 Å². The quantitative estimate of drug-likeness (QED) is 0.754. The van der Waals surface area contributed by atoms with Crippen LogP contribution >= 0.6 is 11.8 Å². The van der Waals surface area contributed by atoms with Crippen molar-refractivity contribution in [3.8, 4) is 0 Å². The minimum absolute atomic E-state index is 0.186. The summed E-state index contributed by atoms with van der Waals surface area (Å²) in [6, 6.07) is 5.08. The van der Waals surface area contributed by atoms with E-state index in [2.05, 4.69) is 0 Å². The second-order valence-electron chi connectivity index (χ2n) is 3.42. The van der Waals surface area contributed by atoms with Crippen LogP contribution in [-0.2, 0) is 6.54 Å². The summed E-state index contributed by atoms with van der Waals surface area (Å²) in [5.74, 6) is -0.186. The Hall–Kier alpha value is -0.580. The number of benzene rings is 1. The molecule has 0 saturated heterocycles. The highest BCUT2D eigenvalue weighted by Gasteiger charge is 2.23. The van der Waals surface area contributed by atoms with Gasteiger partial charge in [0.05, 0.1) is 0 Å². The maximum Gasteiger partial charge on any atom is 0.137 e. The van der Waals surface area contributed by atoms with E-state index in [9.17, 15) is 4.39 Å². The third-order valence-corrected chi connectivity index (χ3v) is 3.49. The van der Waals surface area contributed by atoms with E-state index < -0.39 is 0 Å². The Bertz CT molecular complexity index is 328. The molecule has 76 valence electrons. The number of nitrogens with one attached hydrogen (secondary N) is 1. The van der Waals surface area contributed by atoms with Gasteiger partial charge in [0.1, 0.15) is 5.82 Å². The first-order valence-electron chi connectivity index (χ1n) is 4.61. The van der Waals surface area contributed by atoms with Gasteiger partial charge in [-0.1, -0.05) is 6.07 Å². The lowest BCUT2D eigenvalue weighted by Gasteiger charge is -2.04. The van der Waals surface area contributed by atoms with Gasteiger partial charge in [0.2, 0.25) is 0 Å². The van der Waals surface area contributed by atoms with Gasteiger partial charge in [-0.2, -0.15) is 0 Å². The Balaban J connectivity index is 2.09. The molecule has 4 heteroatoms. The van der Waals surface area contributed by atoms with Crippen LogP contribution in [0.4, 0.5) is 4.39 Å². The summed E-state index contributed by atoms with van der Waals surface area (Å²) in [5, 5.41) is 9.07. The molecule has 2 nitrogen and oxygen atoms in total. The normalized spacial score (nSPS) is 15.9. The van der Waals surface area contributed by atoms with Crippen LogP contribution in [0.5, 0.6) is 0 Å². The smallest absolute Gasteiger partial charge is 0.137 e. The van der Waals surface area contributed by atoms with Gasteiger partial charge in [-0.15, -0.1) is 11.8 Å². The number of hydroxylamine groups is 1. The summed E-state index contributed by atoms with van der Waals surface area (Å²) in [7, 11) is 0. The number of rotatable bonds is 4. The number of hydrogen-bond donors (Lipinski definition) is 2. The zero-order valence-electron chi connectivity index (χ0n) is 7.66. The molecule has 0 aromatic heterocycles. The van der Waals surface area contributed by atoms with Crippen molar-refractivity contribution in [1.29, 1.82) is 0 Å². The summed E-state index contributed by atoms with van der Waals surface area (Å²) in [4.78, 5) is 0.717. The molecule has 0 unspecified atom stereocenters. The number of hydrogen-bond acceptors (Lipinski definition) is 3. The Labute approximate surface area is 86.5 Å². The fourth-order valence-electron chi connectivity index (χ4n) is 1.21. The lowest BCUT2D eigenvalue weighted by Crippen LogP contribution is -2.06. The minimum atomic E-state index is -0.186. The highest BCUT2D eigenvalue weighted by atomic mass is 32.2. The first-order valence-corrected chi connectivity index (χ1v) is 5.49. The fraction of sp³-hybridized carbons (Fsp3) is 0.400. The SMILES string of the molecule is ONCc1ccc(SC2CC2)c(F)c1. The molecule has 0 spiro atoms. The van der Waals surface area contributed by atoms with E-state index in [1.165, 1.54) is 18.9 Å². The minimum Gasteiger partial charge on any atom is -0.316 e. The maximum atomic E-state index is 13.4. The van der Waals surface area contributed by atoms with Gasteiger partial charge >= 0.3 is 0 Å². The molecule has 1 fully saturated rings. The first kappa shape index (κ1) is 9.96. The van der Waals surface area contributed by atoms with Gasteiger partial charge < -0.3 is 5.21 Å². The van der Waals surface area contributed by atoms with Crippen LogP contribution in [0.1, 0.15) is 18.4 Å². The summed E-state index contributed by atoms with van der Waals surface area (Å²) >= 11 is 1.61. The average molecular weight is 213 g/mol. The molecule has 0 bridgehead atoms. The maximum absolute atomic E-state index is 13.4. The van der Waals surface area contributed by atoms with Crippen molar-refractivity contribution < 1.29 is 9.60 Å². The molecule has 0 atom stereocenters. The predicted molar refractivity (Wildman–Crippen MR) is 53.9 cm³/mol. The van der Waals surface area contributed by atoms with E-state index >= 15 is 0 Å². The van der Waals surface area contributed by atoms with E-state index in [1.54, 1.807) is 17.8 Å². The van der Waals surface area contributed by atoms with Gasteiger partial charge in [-0.05, 0) is 30.5 Å². The average Bonchev–Trinajstić information content (AvgIpc) is 2.94. The van der Waals surface area contributed by atoms with Gasteiger partial charge in [0.15, 0.2) is 0 Å². The molecule has 1 aliphatic rings. The third kappa shape index (κ3) is 2.47. The molecule has 1 aromatic rings. The standard InChI is InChI=1S/C10H12FNOS/c11-9-5-7(6-12-13)1-4-10(9)14-8-2-3-8/h1,4-5,8,12-13H,2-3,6H2. The molecule has 2 rings (SSSR count). The van der Waals surface area contributed by atoms with E-state index in [0.717, 1.165) is 5.56 Å². The lowest BCUT2D eigenvalue weighted by atomic mass is 10.2. The van der Waals surface area contributed by atoms with E-state index in [0.29, 0.717) is 10.1 Å². The number of thioether (sulfide) groups is 1. The molecular weight excluding hydrogens is 201 g/mol. The van der Waals surface area contributed by atoms with Crippen LogP contribution in [0, 0.1) is 5.82 Å². The molecule has 1 aromatic carbocycles. The highest BCUT2D eigenvalue weighted by molar-refractivity contribution is 8.00. The first-order chi connectivity index (χ1) is 6.79. The molecule has 14 heavy (non-hydrogen) atoms. The van der Waals surface area contributed by atoms with Crippen LogP contribution < -0.4 is 5.48 Å². The van der Waals surface area contributed by atoms with Crippen LogP contribution in [0.2, 0.25) is 0 Å². The summed E-state index contributed by atoms with van der Waals surface area (Å²) in [6.07, 6.45) is 2.40. The number of halogens is 1. The molecular formula is C10H12FNOS. The molecule has 0 amide bonds.